The zero-order chi connectivity index (χ0) is 15.4. The van der Waals surface area contributed by atoms with Crippen molar-refractivity contribution in [1.29, 1.82) is 0 Å². The molecule has 0 aromatic heterocycles. The van der Waals surface area contributed by atoms with Crippen LogP contribution in [0.3, 0.4) is 0 Å². The number of hydrogen-bond acceptors (Lipinski definition) is 5. The number of anilines is 1. The largest absolute Gasteiger partial charge is 0.494 e. The number of piperidine rings is 1. The lowest BCUT2D eigenvalue weighted by Gasteiger charge is -2.39. The van der Waals surface area contributed by atoms with Gasteiger partial charge in [-0.2, -0.15) is 0 Å². The van der Waals surface area contributed by atoms with Gasteiger partial charge in [0.25, 0.3) is 5.69 Å². The van der Waals surface area contributed by atoms with Gasteiger partial charge in [-0.15, -0.1) is 0 Å². The van der Waals surface area contributed by atoms with Crippen molar-refractivity contribution in [3.05, 3.63) is 28.3 Å². The van der Waals surface area contributed by atoms with E-state index in [4.69, 9.17) is 4.74 Å². The fraction of sp³-hybridized carbons (Fsp3) is 0.600. The summed E-state index contributed by atoms with van der Waals surface area (Å²) in [5, 5.41) is 13.2. The fourth-order valence-corrected chi connectivity index (χ4v) is 2.79. The Kier molecular flexibility index (Phi) is 5.01. The van der Waals surface area contributed by atoms with E-state index in [9.17, 15) is 10.1 Å². The summed E-state index contributed by atoms with van der Waals surface area (Å²) >= 11 is 0. The molecule has 1 aliphatic heterocycles. The van der Waals surface area contributed by atoms with E-state index < -0.39 is 4.92 Å². The van der Waals surface area contributed by atoms with Crippen molar-refractivity contribution in [2.24, 2.45) is 0 Å². The maximum Gasteiger partial charge on any atom is 0.275 e. The minimum absolute atomic E-state index is 0.0424. The maximum atomic E-state index is 11.0. The minimum Gasteiger partial charge on any atom is -0.494 e. The molecule has 6 nitrogen and oxygen atoms in total. The molecular weight excluding hydrogens is 270 g/mol. The first-order valence-electron chi connectivity index (χ1n) is 7.48. The van der Waals surface area contributed by atoms with Crippen LogP contribution in [0.25, 0.3) is 0 Å². The number of ether oxygens (including phenoxy) is 1. The second kappa shape index (κ2) is 6.76. The minimum atomic E-state index is -0.392. The molecule has 0 amide bonds. The van der Waals surface area contributed by atoms with E-state index in [1.807, 2.05) is 13.0 Å². The summed E-state index contributed by atoms with van der Waals surface area (Å²) in [5.41, 5.74) is 4.07. The molecule has 0 spiro atoms. The van der Waals surface area contributed by atoms with Crippen molar-refractivity contribution >= 4 is 11.4 Å². The van der Waals surface area contributed by atoms with E-state index in [1.54, 1.807) is 6.07 Å². The van der Waals surface area contributed by atoms with Gasteiger partial charge in [-0.05, 0) is 33.6 Å². The topological polar surface area (TPSA) is 67.6 Å². The molecule has 1 heterocycles. The van der Waals surface area contributed by atoms with Gasteiger partial charge in [-0.25, -0.2) is 5.01 Å². The summed E-state index contributed by atoms with van der Waals surface area (Å²) in [5.74, 6) is 0.520. The predicted octanol–water partition coefficient (Wildman–Crippen LogP) is 3.58. The number of nitrogens with zero attached hydrogens (tertiary/aromatic N) is 2. The molecule has 21 heavy (non-hydrogen) atoms. The highest BCUT2D eigenvalue weighted by atomic mass is 16.6. The van der Waals surface area contributed by atoms with Crippen LogP contribution >= 0.6 is 0 Å². The molecule has 0 radical (unpaired) electrons. The lowest BCUT2D eigenvalue weighted by Crippen LogP contribution is -2.47. The Bertz CT molecular complexity index is 497. The van der Waals surface area contributed by atoms with Crippen molar-refractivity contribution in [1.82, 2.24) is 5.01 Å². The van der Waals surface area contributed by atoms with Crippen LogP contribution in [-0.2, 0) is 0 Å². The molecule has 0 bridgehead atoms. The van der Waals surface area contributed by atoms with Crippen molar-refractivity contribution in [3.63, 3.8) is 0 Å². The average molecular weight is 293 g/mol. The lowest BCUT2D eigenvalue weighted by molar-refractivity contribution is -0.384. The van der Waals surface area contributed by atoms with Crippen LogP contribution in [0.4, 0.5) is 11.4 Å². The fourth-order valence-electron chi connectivity index (χ4n) is 2.79. The Morgan fingerprint density at radius 2 is 2.00 bits per heavy atom. The smallest absolute Gasteiger partial charge is 0.275 e. The lowest BCUT2D eigenvalue weighted by atomic mass is 10.00. The highest BCUT2D eigenvalue weighted by Crippen LogP contribution is 2.29. The SMILES string of the molecule is CCOc1cc(NN2C(C)CCCC2C)cc([N+](=O)[O-])c1. The molecular formula is C15H23N3O3. The van der Waals surface area contributed by atoms with E-state index in [0.29, 0.717) is 30.1 Å². The van der Waals surface area contributed by atoms with Crippen molar-refractivity contribution < 1.29 is 9.66 Å². The monoisotopic (exact) mass is 293 g/mol. The number of nitrogens with one attached hydrogen (secondary N) is 1. The first-order valence-corrected chi connectivity index (χ1v) is 7.48. The molecule has 0 aliphatic carbocycles. The second-order valence-electron chi connectivity index (χ2n) is 5.55. The van der Waals surface area contributed by atoms with E-state index in [0.717, 1.165) is 12.8 Å². The zero-order valence-electron chi connectivity index (χ0n) is 12.8. The van der Waals surface area contributed by atoms with Crippen LogP contribution in [0, 0.1) is 10.1 Å². The Morgan fingerprint density at radius 3 is 2.57 bits per heavy atom. The van der Waals surface area contributed by atoms with Gasteiger partial charge >= 0.3 is 0 Å². The first-order chi connectivity index (χ1) is 10.0. The van der Waals surface area contributed by atoms with Crippen LogP contribution in [0.5, 0.6) is 5.75 Å². The number of nitro groups is 1. The highest BCUT2D eigenvalue weighted by Gasteiger charge is 2.25. The molecule has 2 unspecified atom stereocenters. The van der Waals surface area contributed by atoms with Crippen LogP contribution in [0.1, 0.15) is 40.0 Å². The van der Waals surface area contributed by atoms with Gasteiger partial charge in [0.15, 0.2) is 0 Å². The van der Waals surface area contributed by atoms with E-state index >= 15 is 0 Å². The number of hydrogen-bond donors (Lipinski definition) is 1. The third-order valence-corrected chi connectivity index (χ3v) is 3.86. The van der Waals surface area contributed by atoms with Gasteiger partial charge in [-0.1, -0.05) is 6.42 Å². The molecule has 116 valence electrons. The standard InChI is InChI=1S/C15H23N3O3/c1-4-21-15-9-13(8-14(10-15)18(19)20)16-17-11(2)6-5-7-12(17)3/h8-12,16H,4-7H2,1-3H3. The first kappa shape index (κ1) is 15.6. The number of hydrazine groups is 1. The second-order valence-corrected chi connectivity index (χ2v) is 5.55. The van der Waals surface area contributed by atoms with Crippen molar-refractivity contribution in [3.8, 4) is 5.75 Å². The summed E-state index contributed by atoms with van der Waals surface area (Å²) in [4.78, 5) is 10.6. The van der Waals surface area contributed by atoms with Gasteiger partial charge in [0.1, 0.15) is 5.75 Å². The Hall–Kier alpha value is -1.82. The number of benzene rings is 1. The Labute approximate surface area is 125 Å². The summed E-state index contributed by atoms with van der Waals surface area (Å²) in [6, 6.07) is 5.63. The quantitative estimate of drug-likeness (QED) is 0.664. The molecule has 1 N–H and O–H groups in total. The Balaban J connectivity index is 2.23. The number of non-ortho nitro benzene ring substituents is 1. The number of nitro benzene ring substituents is 1. The van der Waals surface area contributed by atoms with E-state index in [2.05, 4.69) is 24.3 Å². The van der Waals surface area contributed by atoms with Crippen LogP contribution in [-0.4, -0.2) is 28.6 Å². The van der Waals surface area contributed by atoms with Gasteiger partial charge < -0.3 is 10.2 Å². The van der Waals surface area contributed by atoms with Crippen molar-refractivity contribution in [2.45, 2.75) is 52.1 Å². The van der Waals surface area contributed by atoms with Gasteiger partial charge in [0.05, 0.1) is 23.3 Å². The van der Waals surface area contributed by atoms with Crippen LogP contribution < -0.4 is 10.2 Å². The van der Waals surface area contributed by atoms with Crippen LogP contribution in [0.2, 0.25) is 0 Å². The van der Waals surface area contributed by atoms with Crippen LogP contribution in [0.15, 0.2) is 18.2 Å². The van der Waals surface area contributed by atoms with Gasteiger partial charge in [-0.3, -0.25) is 10.1 Å². The molecule has 1 fully saturated rings. The summed E-state index contributed by atoms with van der Waals surface area (Å²) in [6.07, 6.45) is 3.48. The molecule has 1 aromatic rings. The normalized spacial score (nSPS) is 22.8. The molecule has 1 saturated heterocycles. The average Bonchev–Trinajstić information content (AvgIpc) is 2.43. The Morgan fingerprint density at radius 1 is 1.33 bits per heavy atom. The van der Waals surface area contributed by atoms with Gasteiger partial charge in [0, 0.05) is 24.2 Å². The summed E-state index contributed by atoms with van der Waals surface area (Å²) in [7, 11) is 0. The molecule has 2 rings (SSSR count). The summed E-state index contributed by atoms with van der Waals surface area (Å²) in [6.45, 7) is 6.69. The maximum absolute atomic E-state index is 11.0. The van der Waals surface area contributed by atoms with Gasteiger partial charge in [0.2, 0.25) is 0 Å². The summed E-state index contributed by atoms with van der Waals surface area (Å²) < 4.78 is 5.42. The molecule has 1 aliphatic rings. The van der Waals surface area contributed by atoms with Crippen molar-refractivity contribution in [2.75, 3.05) is 12.0 Å². The third kappa shape index (κ3) is 3.85. The third-order valence-electron chi connectivity index (χ3n) is 3.86. The highest BCUT2D eigenvalue weighted by molar-refractivity contribution is 5.56. The van der Waals surface area contributed by atoms with E-state index in [1.165, 1.54) is 12.5 Å². The van der Waals surface area contributed by atoms with E-state index in [-0.39, 0.29) is 5.69 Å². The molecule has 2 atom stereocenters. The number of rotatable bonds is 5. The molecule has 6 heteroatoms. The zero-order valence-corrected chi connectivity index (χ0v) is 12.8. The molecule has 1 aromatic carbocycles. The molecule has 0 saturated carbocycles. The predicted molar refractivity (Wildman–Crippen MR) is 82.5 cm³/mol.